The number of hydrogen-bond donors (Lipinski definition) is 3. The van der Waals surface area contributed by atoms with Crippen molar-refractivity contribution in [3.63, 3.8) is 0 Å². The number of nitrogens with one attached hydrogen (secondary N) is 2. The van der Waals surface area contributed by atoms with Crippen LogP contribution < -0.4 is 21.5 Å². The molecular formula is C16H21N5O4. The molecular weight excluding hydrogens is 326 g/mol. The molecule has 0 aliphatic carbocycles. The van der Waals surface area contributed by atoms with E-state index in [2.05, 4.69) is 20.6 Å². The Morgan fingerprint density at radius 1 is 1.12 bits per heavy atom. The first-order valence-corrected chi connectivity index (χ1v) is 7.77. The standard InChI is InChI=1S/C16H21N5O4/c1-7(2)8(3)19-9-10(13(23)12(9)22)20-15-14(24)11(17-6-18-15)16(25)21(4)5/h6-8,19,24H,1-5H3,(H,17,18,20)/t8-/m0/s1. The number of aromatic nitrogens is 2. The zero-order valence-electron chi connectivity index (χ0n) is 14.7. The molecule has 134 valence electrons. The van der Waals surface area contributed by atoms with Crippen LogP contribution in [0.3, 0.4) is 0 Å². The van der Waals surface area contributed by atoms with E-state index >= 15 is 0 Å². The monoisotopic (exact) mass is 347 g/mol. The summed E-state index contributed by atoms with van der Waals surface area (Å²) in [5.74, 6) is -0.876. The number of nitrogens with zero attached hydrogens (tertiary/aromatic N) is 3. The second-order valence-corrected chi connectivity index (χ2v) is 6.33. The summed E-state index contributed by atoms with van der Waals surface area (Å²) in [4.78, 5) is 44.5. The van der Waals surface area contributed by atoms with E-state index < -0.39 is 22.5 Å². The van der Waals surface area contributed by atoms with Crippen molar-refractivity contribution in [2.24, 2.45) is 5.92 Å². The Morgan fingerprint density at radius 2 is 1.72 bits per heavy atom. The van der Waals surface area contributed by atoms with Gasteiger partial charge in [0.05, 0.1) is 0 Å². The lowest BCUT2D eigenvalue weighted by Gasteiger charge is -2.22. The van der Waals surface area contributed by atoms with Crippen LogP contribution in [0.15, 0.2) is 15.9 Å². The first kappa shape index (κ1) is 18.4. The van der Waals surface area contributed by atoms with E-state index in [0.29, 0.717) is 0 Å². The highest BCUT2D eigenvalue weighted by atomic mass is 16.3. The van der Waals surface area contributed by atoms with Crippen LogP contribution in [0.2, 0.25) is 0 Å². The molecule has 0 aliphatic heterocycles. The van der Waals surface area contributed by atoms with Crippen molar-refractivity contribution in [3.05, 3.63) is 32.5 Å². The van der Waals surface area contributed by atoms with Gasteiger partial charge < -0.3 is 20.6 Å². The van der Waals surface area contributed by atoms with Crippen LogP contribution in [0.1, 0.15) is 31.3 Å². The van der Waals surface area contributed by atoms with Crippen LogP contribution >= 0.6 is 0 Å². The predicted molar refractivity (Wildman–Crippen MR) is 94.3 cm³/mol. The highest BCUT2D eigenvalue weighted by molar-refractivity contribution is 5.96. The number of amides is 1. The summed E-state index contributed by atoms with van der Waals surface area (Å²) >= 11 is 0. The molecule has 0 unspecified atom stereocenters. The van der Waals surface area contributed by atoms with Crippen LogP contribution in [0.4, 0.5) is 17.2 Å². The molecule has 1 aromatic heterocycles. The SMILES string of the molecule is CC(C)[C@H](C)Nc1c(Nc2ncnc(C(=O)N(C)C)c2O)c(=O)c1=O. The van der Waals surface area contributed by atoms with Crippen molar-refractivity contribution < 1.29 is 9.90 Å². The number of anilines is 3. The molecule has 0 fully saturated rings. The van der Waals surface area contributed by atoms with Crippen molar-refractivity contribution in [2.75, 3.05) is 24.7 Å². The molecule has 9 heteroatoms. The van der Waals surface area contributed by atoms with Gasteiger partial charge in [0.2, 0.25) is 0 Å². The molecule has 25 heavy (non-hydrogen) atoms. The molecule has 0 saturated heterocycles. The fourth-order valence-corrected chi connectivity index (χ4v) is 2.00. The highest BCUT2D eigenvalue weighted by Crippen LogP contribution is 2.29. The fourth-order valence-electron chi connectivity index (χ4n) is 2.00. The van der Waals surface area contributed by atoms with Gasteiger partial charge in [-0.3, -0.25) is 14.4 Å². The van der Waals surface area contributed by atoms with E-state index in [1.807, 2.05) is 20.8 Å². The number of hydrogen-bond acceptors (Lipinski definition) is 8. The molecule has 9 nitrogen and oxygen atoms in total. The quantitative estimate of drug-likeness (QED) is 0.652. The molecule has 3 N–H and O–H groups in total. The summed E-state index contributed by atoms with van der Waals surface area (Å²) < 4.78 is 0. The van der Waals surface area contributed by atoms with E-state index in [1.165, 1.54) is 19.0 Å². The van der Waals surface area contributed by atoms with E-state index in [0.717, 1.165) is 6.33 Å². The van der Waals surface area contributed by atoms with E-state index in [9.17, 15) is 19.5 Å². The Labute approximate surface area is 144 Å². The fraction of sp³-hybridized carbons (Fsp3) is 0.438. The summed E-state index contributed by atoms with van der Waals surface area (Å²) in [6.45, 7) is 5.85. The maximum Gasteiger partial charge on any atom is 0.276 e. The van der Waals surface area contributed by atoms with Gasteiger partial charge in [-0.05, 0) is 12.8 Å². The average Bonchev–Trinajstić information content (AvgIpc) is 2.57. The first-order valence-electron chi connectivity index (χ1n) is 7.77. The average molecular weight is 347 g/mol. The van der Waals surface area contributed by atoms with Gasteiger partial charge in [-0.1, -0.05) is 13.8 Å². The summed E-state index contributed by atoms with van der Waals surface area (Å²) in [7, 11) is 3.03. The minimum Gasteiger partial charge on any atom is -0.503 e. The first-order chi connectivity index (χ1) is 11.6. The van der Waals surface area contributed by atoms with Gasteiger partial charge in [0, 0.05) is 20.1 Å². The number of rotatable bonds is 6. The second kappa shape index (κ2) is 6.88. The van der Waals surface area contributed by atoms with E-state index in [4.69, 9.17) is 0 Å². The lowest BCUT2D eigenvalue weighted by molar-refractivity contribution is 0.0818. The molecule has 1 atom stereocenters. The topological polar surface area (TPSA) is 125 Å². The maximum atomic E-state index is 12.0. The normalized spacial score (nSPS) is 12.2. The molecule has 0 aliphatic rings. The van der Waals surface area contributed by atoms with Gasteiger partial charge in [-0.25, -0.2) is 9.97 Å². The Morgan fingerprint density at radius 3 is 2.28 bits per heavy atom. The third-order valence-corrected chi connectivity index (χ3v) is 3.96. The third-order valence-electron chi connectivity index (χ3n) is 3.96. The van der Waals surface area contributed by atoms with Gasteiger partial charge in [-0.15, -0.1) is 0 Å². The molecule has 0 bridgehead atoms. The number of carbonyl (C=O) groups excluding carboxylic acids is 1. The minimum atomic E-state index is -0.711. The number of aromatic hydroxyl groups is 1. The van der Waals surface area contributed by atoms with Crippen LogP contribution in [0.25, 0.3) is 0 Å². The number of carbonyl (C=O) groups is 1. The third kappa shape index (κ3) is 3.44. The Bertz CT molecular complexity index is 868. The molecule has 0 spiro atoms. The molecule has 0 radical (unpaired) electrons. The summed E-state index contributed by atoms with van der Waals surface area (Å²) in [6, 6.07) is -0.0336. The van der Waals surface area contributed by atoms with Crippen molar-refractivity contribution >= 4 is 23.1 Å². The predicted octanol–water partition coefficient (Wildman–Crippen LogP) is 0.680. The zero-order chi connectivity index (χ0) is 18.9. The highest BCUT2D eigenvalue weighted by Gasteiger charge is 2.26. The van der Waals surface area contributed by atoms with Gasteiger partial charge >= 0.3 is 0 Å². The van der Waals surface area contributed by atoms with Crippen LogP contribution in [-0.4, -0.2) is 46.0 Å². The van der Waals surface area contributed by atoms with Crippen molar-refractivity contribution in [1.82, 2.24) is 14.9 Å². The molecule has 0 saturated carbocycles. The van der Waals surface area contributed by atoms with Crippen LogP contribution in [0, 0.1) is 5.92 Å². The minimum absolute atomic E-state index is 0.00903. The van der Waals surface area contributed by atoms with Crippen LogP contribution in [0.5, 0.6) is 5.75 Å². The smallest absolute Gasteiger partial charge is 0.276 e. The Balaban J connectivity index is 2.35. The van der Waals surface area contributed by atoms with Crippen molar-refractivity contribution in [1.29, 1.82) is 0 Å². The van der Waals surface area contributed by atoms with Gasteiger partial charge in [0.1, 0.15) is 17.7 Å². The van der Waals surface area contributed by atoms with Gasteiger partial charge in [0.15, 0.2) is 17.3 Å². The lowest BCUT2D eigenvalue weighted by atomic mass is 10.0. The Hall–Kier alpha value is -2.97. The van der Waals surface area contributed by atoms with E-state index in [1.54, 1.807) is 0 Å². The summed E-state index contributed by atoms with van der Waals surface area (Å²) in [5, 5.41) is 15.8. The summed E-state index contributed by atoms with van der Waals surface area (Å²) in [5.41, 5.74) is -1.39. The van der Waals surface area contributed by atoms with Crippen molar-refractivity contribution in [2.45, 2.75) is 26.8 Å². The van der Waals surface area contributed by atoms with Crippen LogP contribution in [-0.2, 0) is 0 Å². The van der Waals surface area contributed by atoms with Gasteiger partial charge in [-0.2, -0.15) is 0 Å². The largest absolute Gasteiger partial charge is 0.503 e. The lowest BCUT2D eigenvalue weighted by Crippen LogP contribution is -2.39. The zero-order valence-corrected chi connectivity index (χ0v) is 14.7. The summed E-state index contributed by atoms with van der Waals surface area (Å²) in [6.07, 6.45) is 1.09. The second-order valence-electron chi connectivity index (χ2n) is 6.33. The molecule has 1 heterocycles. The molecule has 1 aromatic carbocycles. The maximum absolute atomic E-state index is 12.0. The van der Waals surface area contributed by atoms with Gasteiger partial charge in [0.25, 0.3) is 16.8 Å². The van der Waals surface area contributed by atoms with Crippen molar-refractivity contribution in [3.8, 4) is 5.75 Å². The van der Waals surface area contributed by atoms with E-state index in [-0.39, 0.29) is 34.8 Å². The molecule has 2 aromatic rings. The molecule has 2 rings (SSSR count). The molecule has 1 amide bonds. The Kier molecular flexibility index (Phi) is 5.05.